The molecule has 0 saturated carbocycles. The number of rotatable bonds is 5. The van der Waals surface area contributed by atoms with Gasteiger partial charge in [-0.25, -0.2) is 0 Å². The van der Waals surface area contributed by atoms with Crippen molar-refractivity contribution in [2.24, 2.45) is 0 Å². The second-order valence-corrected chi connectivity index (χ2v) is 7.84. The minimum atomic E-state index is -4.65. The molecule has 29 heavy (non-hydrogen) atoms. The molecule has 0 aliphatic heterocycles. The number of carbonyl (C=O) groups is 1. The summed E-state index contributed by atoms with van der Waals surface area (Å²) in [6, 6.07) is 10.6. The lowest BCUT2D eigenvalue weighted by Crippen LogP contribution is -2.24. The third kappa shape index (κ3) is 4.88. The first-order chi connectivity index (χ1) is 13.7. The Balaban J connectivity index is 1.79. The highest BCUT2D eigenvalue weighted by Crippen LogP contribution is 2.37. The van der Waals surface area contributed by atoms with Crippen LogP contribution in [0, 0.1) is 6.92 Å². The monoisotopic (exact) mass is 441 g/mol. The number of tetrazole rings is 1. The molecule has 1 atom stereocenters. The van der Waals surface area contributed by atoms with Gasteiger partial charge in [0, 0.05) is 5.02 Å². The minimum Gasteiger partial charge on any atom is -0.325 e. The first kappa shape index (κ1) is 21.1. The van der Waals surface area contributed by atoms with Gasteiger partial charge in [0.05, 0.1) is 22.2 Å². The van der Waals surface area contributed by atoms with E-state index in [0.717, 1.165) is 35.1 Å². The molecule has 1 amide bonds. The normalized spacial score (nSPS) is 12.6. The number of para-hydroxylation sites is 1. The van der Waals surface area contributed by atoms with Gasteiger partial charge in [-0.3, -0.25) is 4.79 Å². The fourth-order valence-corrected chi connectivity index (χ4v) is 3.48. The number of amides is 1. The standard InChI is InChI=1S/C18H15ClF3N5OS/c1-10-5-3-4-6-15(10)27-17(24-25-26-27)29-11(2)16(28)23-14-8-7-12(19)9-13(14)18(20,21)22/h3-9,11H,1-2H3,(H,23,28). The van der Waals surface area contributed by atoms with Crippen LogP contribution in [0.5, 0.6) is 0 Å². The maximum Gasteiger partial charge on any atom is 0.418 e. The first-order valence-corrected chi connectivity index (χ1v) is 9.61. The molecular formula is C18H15ClF3N5OS. The number of aromatic nitrogens is 4. The molecule has 0 aliphatic carbocycles. The second kappa shape index (κ2) is 8.42. The zero-order chi connectivity index (χ0) is 21.2. The number of benzene rings is 2. The van der Waals surface area contributed by atoms with Crippen LogP contribution in [0.2, 0.25) is 5.02 Å². The van der Waals surface area contributed by atoms with E-state index in [0.29, 0.717) is 5.16 Å². The highest BCUT2D eigenvalue weighted by Gasteiger charge is 2.34. The van der Waals surface area contributed by atoms with Crippen molar-refractivity contribution in [2.45, 2.75) is 30.4 Å². The molecule has 1 heterocycles. The van der Waals surface area contributed by atoms with E-state index in [1.54, 1.807) is 6.92 Å². The molecule has 11 heteroatoms. The number of nitrogens with zero attached hydrogens (tertiary/aromatic N) is 4. The van der Waals surface area contributed by atoms with E-state index >= 15 is 0 Å². The Morgan fingerprint density at radius 3 is 2.66 bits per heavy atom. The number of alkyl halides is 3. The van der Waals surface area contributed by atoms with E-state index in [-0.39, 0.29) is 10.7 Å². The molecule has 3 rings (SSSR count). The van der Waals surface area contributed by atoms with Crippen LogP contribution < -0.4 is 5.32 Å². The fraction of sp³-hybridized carbons (Fsp3) is 0.222. The van der Waals surface area contributed by atoms with E-state index in [1.807, 2.05) is 31.2 Å². The van der Waals surface area contributed by atoms with Gasteiger partial charge in [-0.1, -0.05) is 41.6 Å². The van der Waals surface area contributed by atoms with Gasteiger partial charge < -0.3 is 5.32 Å². The number of anilines is 1. The molecule has 0 bridgehead atoms. The molecule has 2 aromatic carbocycles. The lowest BCUT2D eigenvalue weighted by atomic mass is 10.1. The Morgan fingerprint density at radius 1 is 1.24 bits per heavy atom. The van der Waals surface area contributed by atoms with Gasteiger partial charge in [0.1, 0.15) is 0 Å². The summed E-state index contributed by atoms with van der Waals surface area (Å²) in [6.07, 6.45) is -4.65. The van der Waals surface area contributed by atoms with Crippen molar-refractivity contribution in [2.75, 3.05) is 5.32 Å². The highest BCUT2D eigenvalue weighted by molar-refractivity contribution is 8.00. The number of thioether (sulfide) groups is 1. The SMILES string of the molecule is Cc1ccccc1-n1nnnc1SC(C)C(=O)Nc1ccc(Cl)cc1C(F)(F)F. The van der Waals surface area contributed by atoms with Crippen LogP contribution in [0.3, 0.4) is 0 Å². The van der Waals surface area contributed by atoms with E-state index < -0.39 is 22.9 Å². The van der Waals surface area contributed by atoms with Gasteiger partial charge in [-0.2, -0.15) is 17.9 Å². The lowest BCUT2D eigenvalue weighted by molar-refractivity contribution is -0.137. The van der Waals surface area contributed by atoms with E-state index in [4.69, 9.17) is 11.6 Å². The van der Waals surface area contributed by atoms with Gasteiger partial charge in [0.15, 0.2) is 0 Å². The zero-order valence-electron chi connectivity index (χ0n) is 15.2. The van der Waals surface area contributed by atoms with E-state index in [2.05, 4.69) is 20.8 Å². The van der Waals surface area contributed by atoms with Gasteiger partial charge in [0.2, 0.25) is 11.1 Å². The Labute approximate surface area is 173 Å². The second-order valence-electron chi connectivity index (χ2n) is 6.10. The van der Waals surface area contributed by atoms with Crippen LogP contribution in [-0.4, -0.2) is 31.4 Å². The minimum absolute atomic E-state index is 0.0739. The van der Waals surface area contributed by atoms with Crippen LogP contribution in [0.15, 0.2) is 47.6 Å². The van der Waals surface area contributed by atoms with Gasteiger partial charge in [0.25, 0.3) is 0 Å². The topological polar surface area (TPSA) is 72.7 Å². The summed E-state index contributed by atoms with van der Waals surface area (Å²) in [7, 11) is 0. The van der Waals surface area contributed by atoms with Crippen molar-refractivity contribution in [1.29, 1.82) is 0 Å². The highest BCUT2D eigenvalue weighted by atomic mass is 35.5. The Hall–Kier alpha value is -2.59. The number of nitrogens with one attached hydrogen (secondary N) is 1. The van der Waals surface area contributed by atoms with Gasteiger partial charge in [-0.15, -0.1) is 5.10 Å². The van der Waals surface area contributed by atoms with Crippen molar-refractivity contribution in [3.63, 3.8) is 0 Å². The molecule has 3 aromatic rings. The van der Waals surface area contributed by atoms with Crippen LogP contribution in [0.1, 0.15) is 18.1 Å². The quantitative estimate of drug-likeness (QED) is 0.578. The molecule has 6 nitrogen and oxygen atoms in total. The third-order valence-corrected chi connectivity index (χ3v) is 5.25. The lowest BCUT2D eigenvalue weighted by Gasteiger charge is -2.16. The maximum atomic E-state index is 13.2. The van der Waals surface area contributed by atoms with Crippen molar-refractivity contribution in [3.05, 3.63) is 58.6 Å². The van der Waals surface area contributed by atoms with Crippen molar-refractivity contribution >= 4 is 35.0 Å². The smallest absolute Gasteiger partial charge is 0.325 e. The predicted octanol–water partition coefficient (Wildman–Crippen LogP) is 4.76. The number of aryl methyl sites for hydroxylation is 1. The largest absolute Gasteiger partial charge is 0.418 e. The van der Waals surface area contributed by atoms with Crippen LogP contribution >= 0.6 is 23.4 Å². The fourth-order valence-electron chi connectivity index (χ4n) is 2.51. The summed E-state index contributed by atoms with van der Waals surface area (Å²) in [6.45, 7) is 3.45. The van der Waals surface area contributed by atoms with Crippen LogP contribution in [-0.2, 0) is 11.0 Å². The van der Waals surface area contributed by atoms with Crippen molar-refractivity contribution in [3.8, 4) is 5.69 Å². The molecule has 0 spiro atoms. The Bertz CT molecular complexity index is 1040. The summed E-state index contributed by atoms with van der Waals surface area (Å²) in [5, 5.41) is 13.3. The summed E-state index contributed by atoms with van der Waals surface area (Å²) in [5.41, 5.74) is 0.289. The van der Waals surface area contributed by atoms with Gasteiger partial charge in [-0.05, 0) is 54.1 Å². The van der Waals surface area contributed by atoms with Crippen LogP contribution in [0.25, 0.3) is 5.69 Å². The molecule has 1 N–H and O–H groups in total. The van der Waals surface area contributed by atoms with Crippen LogP contribution in [0.4, 0.5) is 18.9 Å². The molecule has 0 saturated heterocycles. The average Bonchev–Trinajstić information content (AvgIpc) is 3.10. The molecule has 0 fully saturated rings. The first-order valence-electron chi connectivity index (χ1n) is 8.35. The predicted molar refractivity (Wildman–Crippen MR) is 104 cm³/mol. The third-order valence-electron chi connectivity index (χ3n) is 3.98. The Kier molecular flexibility index (Phi) is 6.13. The number of hydrogen-bond donors (Lipinski definition) is 1. The number of halogens is 4. The summed E-state index contributed by atoms with van der Waals surface area (Å²) in [5.74, 6) is -0.623. The molecule has 0 aliphatic rings. The maximum absolute atomic E-state index is 13.2. The molecular weight excluding hydrogens is 427 g/mol. The summed E-state index contributed by atoms with van der Waals surface area (Å²) >= 11 is 6.70. The number of carbonyl (C=O) groups excluding carboxylic acids is 1. The number of hydrogen-bond acceptors (Lipinski definition) is 5. The van der Waals surface area contributed by atoms with E-state index in [1.165, 1.54) is 10.7 Å². The molecule has 1 unspecified atom stereocenters. The zero-order valence-corrected chi connectivity index (χ0v) is 16.8. The van der Waals surface area contributed by atoms with E-state index in [9.17, 15) is 18.0 Å². The van der Waals surface area contributed by atoms with Crippen molar-refractivity contribution in [1.82, 2.24) is 20.2 Å². The summed E-state index contributed by atoms with van der Waals surface area (Å²) < 4.78 is 41.1. The Morgan fingerprint density at radius 2 is 1.97 bits per heavy atom. The summed E-state index contributed by atoms with van der Waals surface area (Å²) in [4.78, 5) is 12.5. The molecule has 1 aromatic heterocycles. The van der Waals surface area contributed by atoms with Gasteiger partial charge >= 0.3 is 6.18 Å². The average molecular weight is 442 g/mol. The molecule has 0 radical (unpaired) electrons. The molecule has 152 valence electrons. The van der Waals surface area contributed by atoms with Crippen molar-refractivity contribution < 1.29 is 18.0 Å².